The molecule has 0 fully saturated rings. The van der Waals surface area contributed by atoms with Crippen molar-refractivity contribution in [2.75, 3.05) is 7.05 Å². The molecule has 2 aliphatic carbocycles. The SMILES string of the molecule is CN([Si](=O)CC1C=C2C(=C1)c1ccccc1Cc1ccccc12)C(C)(C)C.[Ti+2]. The van der Waals surface area contributed by atoms with Crippen molar-refractivity contribution in [2.45, 2.75) is 38.8 Å². The van der Waals surface area contributed by atoms with Gasteiger partial charge in [0.15, 0.2) is 0 Å². The minimum atomic E-state index is -1.82. The molecule has 0 amide bonds. The number of nitrogens with zero attached hydrogens (tertiary/aromatic N) is 1. The van der Waals surface area contributed by atoms with Crippen LogP contribution in [0.1, 0.15) is 43.0 Å². The summed E-state index contributed by atoms with van der Waals surface area (Å²) in [7, 11) is 0.167. The van der Waals surface area contributed by atoms with E-state index in [0.717, 1.165) is 6.42 Å². The van der Waals surface area contributed by atoms with E-state index < -0.39 is 8.84 Å². The molecule has 4 heteroatoms. The number of hydrogen-bond donors (Lipinski definition) is 0. The smallest absolute Gasteiger partial charge is 0.375 e. The van der Waals surface area contributed by atoms with Crippen LogP contribution in [-0.2, 0) is 32.6 Å². The van der Waals surface area contributed by atoms with Gasteiger partial charge in [0.25, 0.3) is 0 Å². The molecule has 2 nitrogen and oxygen atoms in total. The van der Waals surface area contributed by atoms with E-state index in [1.54, 1.807) is 0 Å². The second-order valence-electron chi connectivity index (χ2n) is 8.64. The maximum Gasteiger partial charge on any atom is 2.00 e. The maximum atomic E-state index is 13.0. The van der Waals surface area contributed by atoms with Gasteiger partial charge in [-0.25, -0.2) is 0 Å². The average molecular weight is 421 g/mol. The summed E-state index contributed by atoms with van der Waals surface area (Å²) in [5.41, 5.74) is 7.96. The third-order valence-electron chi connectivity index (χ3n) is 5.84. The molecule has 0 saturated heterocycles. The molecule has 0 atom stereocenters. The molecule has 0 saturated carbocycles. The number of rotatable bonds is 3. The minimum absolute atomic E-state index is 0. The van der Waals surface area contributed by atoms with Gasteiger partial charge in [0.1, 0.15) is 0 Å². The molecule has 0 unspecified atom stereocenters. The van der Waals surface area contributed by atoms with Gasteiger partial charge in [0.05, 0.1) is 0 Å². The van der Waals surface area contributed by atoms with Crippen molar-refractivity contribution in [1.29, 1.82) is 0 Å². The number of allylic oxidation sites excluding steroid dienone is 4. The Morgan fingerprint density at radius 2 is 1.39 bits per heavy atom. The molecular formula is C24H27NOSiTi+2. The van der Waals surface area contributed by atoms with Gasteiger partial charge >= 0.3 is 30.6 Å². The zero-order valence-electron chi connectivity index (χ0n) is 17.1. The van der Waals surface area contributed by atoms with Crippen LogP contribution in [0.5, 0.6) is 0 Å². The summed E-state index contributed by atoms with van der Waals surface area (Å²) in [5, 5.41) is 0. The van der Waals surface area contributed by atoms with Gasteiger partial charge in [-0.05, 0) is 60.6 Å². The second kappa shape index (κ2) is 8.06. The van der Waals surface area contributed by atoms with Crippen LogP contribution < -0.4 is 0 Å². The minimum Gasteiger partial charge on any atom is -0.375 e. The van der Waals surface area contributed by atoms with Gasteiger partial charge in [-0.3, -0.25) is 0 Å². The molecule has 0 spiro atoms. The van der Waals surface area contributed by atoms with Crippen LogP contribution in [0.2, 0.25) is 6.04 Å². The van der Waals surface area contributed by atoms with E-state index in [4.69, 9.17) is 0 Å². The Labute approximate surface area is 185 Å². The summed E-state index contributed by atoms with van der Waals surface area (Å²) in [5.74, 6) is 0.227. The summed E-state index contributed by atoms with van der Waals surface area (Å²) in [6, 6.07) is 18.1. The van der Waals surface area contributed by atoms with Gasteiger partial charge in [0, 0.05) is 24.5 Å². The quantitative estimate of drug-likeness (QED) is 0.624. The topological polar surface area (TPSA) is 20.3 Å². The molecule has 0 aliphatic heterocycles. The van der Waals surface area contributed by atoms with Crippen molar-refractivity contribution in [3.8, 4) is 0 Å². The van der Waals surface area contributed by atoms with Crippen LogP contribution in [0, 0.1) is 5.92 Å². The van der Waals surface area contributed by atoms with E-state index in [1.807, 2.05) is 11.6 Å². The van der Waals surface area contributed by atoms with Crippen molar-refractivity contribution < 1.29 is 26.2 Å². The van der Waals surface area contributed by atoms with E-state index >= 15 is 0 Å². The number of hydrogen-bond acceptors (Lipinski definition) is 1. The molecule has 4 rings (SSSR count). The Hall–Kier alpha value is -1.55. The number of fused-ring (bicyclic) bond motifs is 5. The molecule has 2 aromatic rings. The first-order chi connectivity index (χ1) is 12.8. The number of benzene rings is 2. The van der Waals surface area contributed by atoms with E-state index in [0.29, 0.717) is 6.04 Å². The zero-order valence-corrected chi connectivity index (χ0v) is 19.7. The first-order valence-corrected chi connectivity index (χ1v) is 11.3. The molecular weight excluding hydrogens is 394 g/mol. The van der Waals surface area contributed by atoms with Gasteiger partial charge < -0.3 is 9.03 Å². The third kappa shape index (κ3) is 3.94. The van der Waals surface area contributed by atoms with Crippen LogP contribution in [-0.4, -0.2) is 26.0 Å². The Kier molecular flexibility index (Phi) is 6.09. The summed E-state index contributed by atoms with van der Waals surface area (Å²) >= 11 is 0. The fourth-order valence-corrected chi connectivity index (χ4v) is 5.70. The van der Waals surface area contributed by atoms with E-state index in [-0.39, 0.29) is 33.2 Å². The van der Waals surface area contributed by atoms with E-state index in [1.165, 1.54) is 33.4 Å². The van der Waals surface area contributed by atoms with Crippen LogP contribution in [0.15, 0.2) is 60.7 Å². The standard InChI is InChI=1S/C24H27NOSi.Ti/c1-24(2,3)25(4)27(26)16-17-13-22-20-11-7-5-9-18(20)15-19-10-6-8-12-21(19)23(22)14-17;/h5-14,17H,15-16H2,1-4H3;/q;+2. The molecule has 0 heterocycles. The largest absolute Gasteiger partial charge is 2.00 e. The molecule has 2 aromatic carbocycles. The summed E-state index contributed by atoms with van der Waals surface area (Å²) in [4.78, 5) is 0. The van der Waals surface area contributed by atoms with Gasteiger partial charge in [-0.15, -0.1) is 0 Å². The van der Waals surface area contributed by atoms with Crippen molar-refractivity contribution in [1.82, 2.24) is 4.57 Å². The molecule has 140 valence electrons. The average Bonchev–Trinajstić information content (AvgIpc) is 2.99. The van der Waals surface area contributed by atoms with Crippen molar-refractivity contribution in [2.24, 2.45) is 5.92 Å². The van der Waals surface area contributed by atoms with Crippen molar-refractivity contribution in [3.05, 3.63) is 82.9 Å². The first-order valence-electron chi connectivity index (χ1n) is 9.72. The first kappa shape index (κ1) is 21.2. The predicted molar refractivity (Wildman–Crippen MR) is 114 cm³/mol. The normalized spacial score (nSPS) is 15.3. The second-order valence-corrected chi connectivity index (χ2v) is 10.5. The molecule has 0 aromatic heterocycles. The summed E-state index contributed by atoms with van der Waals surface area (Å²) in [6.07, 6.45) is 5.65. The zero-order chi connectivity index (χ0) is 19.2. The predicted octanol–water partition coefficient (Wildman–Crippen LogP) is 5.33. The van der Waals surface area contributed by atoms with E-state index in [2.05, 4.69) is 81.5 Å². The fraction of sp³-hybridized carbons (Fsp3) is 0.333. The molecule has 0 bridgehead atoms. The summed E-state index contributed by atoms with van der Waals surface area (Å²) < 4.78 is 15.0. The molecule has 2 aliphatic rings. The Bertz CT molecular complexity index is 909. The molecule has 28 heavy (non-hydrogen) atoms. The van der Waals surface area contributed by atoms with Crippen LogP contribution in [0.3, 0.4) is 0 Å². The Morgan fingerprint density at radius 3 is 1.86 bits per heavy atom. The Morgan fingerprint density at radius 1 is 0.929 bits per heavy atom. The van der Waals surface area contributed by atoms with Crippen LogP contribution in [0.25, 0.3) is 11.1 Å². The summed E-state index contributed by atoms with van der Waals surface area (Å²) in [6.45, 7) is 6.37. The van der Waals surface area contributed by atoms with Crippen molar-refractivity contribution in [3.63, 3.8) is 0 Å². The fourth-order valence-electron chi connectivity index (χ4n) is 4.04. The van der Waals surface area contributed by atoms with E-state index in [9.17, 15) is 4.46 Å². The van der Waals surface area contributed by atoms with Gasteiger partial charge in [0.2, 0.25) is 0 Å². The monoisotopic (exact) mass is 421 g/mol. The maximum absolute atomic E-state index is 13.0. The Balaban J connectivity index is 0.00000225. The molecule has 0 N–H and O–H groups in total. The molecule has 0 radical (unpaired) electrons. The van der Waals surface area contributed by atoms with Crippen LogP contribution >= 0.6 is 0 Å². The van der Waals surface area contributed by atoms with Crippen molar-refractivity contribution >= 4 is 20.0 Å². The van der Waals surface area contributed by atoms with Gasteiger partial charge in [-0.1, -0.05) is 60.7 Å². The van der Waals surface area contributed by atoms with Crippen LogP contribution in [0.4, 0.5) is 0 Å². The third-order valence-corrected chi connectivity index (χ3v) is 8.08. The van der Waals surface area contributed by atoms with Gasteiger partial charge in [-0.2, -0.15) is 0 Å².